The summed E-state index contributed by atoms with van der Waals surface area (Å²) in [7, 11) is 4.19. The smallest absolute Gasteiger partial charge is 0.269 e. The van der Waals surface area contributed by atoms with E-state index < -0.39 is 0 Å². The summed E-state index contributed by atoms with van der Waals surface area (Å²) in [5.41, 5.74) is 6.20. The Morgan fingerprint density at radius 1 is 1.33 bits per heavy atom. The molecule has 0 saturated heterocycles. The number of nitrogens with zero attached hydrogens (tertiary/aromatic N) is 2. The highest BCUT2D eigenvalue weighted by atomic mass is 32.1. The largest absolute Gasteiger partial charge is 0.361 e. The van der Waals surface area contributed by atoms with Crippen molar-refractivity contribution in [3.8, 4) is 0 Å². The van der Waals surface area contributed by atoms with Gasteiger partial charge in [-0.3, -0.25) is 25.0 Å². The number of aryl methyl sites for hydroxylation is 1. The minimum absolute atomic E-state index is 0.0393. The third-order valence-electron chi connectivity index (χ3n) is 4.51. The van der Waals surface area contributed by atoms with Crippen molar-refractivity contribution in [3.63, 3.8) is 0 Å². The van der Waals surface area contributed by atoms with Crippen LogP contribution in [0, 0.1) is 0 Å². The Morgan fingerprint density at radius 2 is 2.15 bits per heavy atom. The number of fused-ring (bicyclic) bond motifs is 2. The maximum Gasteiger partial charge on any atom is 0.269 e. The highest BCUT2D eigenvalue weighted by Gasteiger charge is 2.17. The number of amides is 1. The van der Waals surface area contributed by atoms with E-state index in [1.54, 1.807) is 22.8 Å². The molecule has 3 rings (SSSR count). The number of benzene rings is 1. The summed E-state index contributed by atoms with van der Waals surface area (Å²) >= 11 is 5.15. The Balaban J connectivity index is 1.60. The molecule has 2 aromatic rings. The maximum absolute atomic E-state index is 12.5. The maximum atomic E-state index is 12.5. The monoisotopic (exact) mass is 389 g/mol. The molecule has 1 aromatic heterocycles. The van der Waals surface area contributed by atoms with Crippen molar-refractivity contribution in [1.29, 1.82) is 0 Å². The molecule has 144 valence electrons. The molecule has 0 fully saturated rings. The molecule has 0 radical (unpaired) electrons. The average Bonchev–Trinajstić information content (AvgIpc) is 3.11. The van der Waals surface area contributed by atoms with Gasteiger partial charge in [-0.05, 0) is 36.8 Å². The number of hydrazine groups is 1. The van der Waals surface area contributed by atoms with Crippen LogP contribution in [0.25, 0.3) is 10.9 Å². The van der Waals surface area contributed by atoms with Crippen LogP contribution >= 0.6 is 12.2 Å². The van der Waals surface area contributed by atoms with E-state index in [9.17, 15) is 9.59 Å². The lowest BCUT2D eigenvalue weighted by molar-refractivity contribution is -0.858. The van der Waals surface area contributed by atoms with Gasteiger partial charge in [0.1, 0.15) is 5.82 Å². The van der Waals surface area contributed by atoms with Crippen molar-refractivity contribution < 1.29 is 9.69 Å². The number of aromatic nitrogens is 2. The van der Waals surface area contributed by atoms with Crippen molar-refractivity contribution in [1.82, 2.24) is 25.7 Å². The molecular formula is C18H25N6O2S+. The summed E-state index contributed by atoms with van der Waals surface area (Å²) in [4.78, 5) is 30.7. The van der Waals surface area contributed by atoms with Gasteiger partial charge in [0.05, 0.1) is 31.5 Å². The van der Waals surface area contributed by atoms with Crippen molar-refractivity contribution in [3.05, 3.63) is 39.9 Å². The minimum atomic E-state index is -0.332. The second kappa shape index (κ2) is 8.45. The van der Waals surface area contributed by atoms with E-state index in [1.807, 2.05) is 0 Å². The van der Waals surface area contributed by atoms with Crippen LogP contribution in [0.4, 0.5) is 0 Å². The van der Waals surface area contributed by atoms with Gasteiger partial charge < -0.3 is 10.2 Å². The van der Waals surface area contributed by atoms with Gasteiger partial charge in [-0.15, -0.1) is 0 Å². The first-order valence-corrected chi connectivity index (χ1v) is 9.53. The van der Waals surface area contributed by atoms with E-state index in [1.165, 1.54) is 4.90 Å². The van der Waals surface area contributed by atoms with Crippen molar-refractivity contribution in [2.75, 3.05) is 27.2 Å². The molecule has 0 saturated carbocycles. The molecule has 1 aliphatic rings. The molecule has 2 heterocycles. The molecule has 1 aromatic carbocycles. The fourth-order valence-corrected chi connectivity index (χ4v) is 3.25. The van der Waals surface area contributed by atoms with Gasteiger partial charge in [-0.2, -0.15) is 0 Å². The van der Waals surface area contributed by atoms with Crippen molar-refractivity contribution in [2.24, 2.45) is 0 Å². The van der Waals surface area contributed by atoms with Gasteiger partial charge in [-0.25, -0.2) is 4.98 Å². The Labute approximate surface area is 162 Å². The van der Waals surface area contributed by atoms with E-state index in [-0.39, 0.29) is 11.5 Å². The van der Waals surface area contributed by atoms with Crippen LogP contribution in [-0.4, -0.2) is 47.8 Å². The third kappa shape index (κ3) is 4.61. The molecule has 4 N–H and O–H groups in total. The minimum Gasteiger partial charge on any atom is -0.361 e. The van der Waals surface area contributed by atoms with Gasteiger partial charge in [0.2, 0.25) is 0 Å². The number of nitrogens with one attached hydrogen (secondary N) is 4. The van der Waals surface area contributed by atoms with Crippen LogP contribution in [0.2, 0.25) is 0 Å². The van der Waals surface area contributed by atoms with E-state index in [2.05, 4.69) is 35.2 Å². The number of thiocarbonyl (C=S) groups is 1. The van der Waals surface area contributed by atoms with Crippen LogP contribution in [-0.2, 0) is 13.0 Å². The first-order chi connectivity index (χ1) is 13.0. The summed E-state index contributed by atoms with van der Waals surface area (Å²) in [6.45, 7) is 2.49. The molecule has 1 aliphatic heterocycles. The van der Waals surface area contributed by atoms with Crippen LogP contribution < -0.4 is 26.6 Å². The zero-order chi connectivity index (χ0) is 19.4. The molecule has 9 heteroatoms. The fraction of sp³-hybridized carbons (Fsp3) is 0.444. The van der Waals surface area contributed by atoms with Crippen molar-refractivity contribution in [2.45, 2.75) is 25.8 Å². The zero-order valence-corrected chi connectivity index (χ0v) is 16.4. The normalized spacial score (nSPS) is 12.9. The summed E-state index contributed by atoms with van der Waals surface area (Å²) in [5, 5.41) is 3.95. The first kappa shape index (κ1) is 19.2. The van der Waals surface area contributed by atoms with Crippen molar-refractivity contribution >= 4 is 34.1 Å². The SMILES string of the molecule is C[NH+](C)CCCNC(=S)NNC(=O)c1ccc2c(=O)n3c(nc2c1)CCC3. The standard InChI is InChI=1S/C18H24N6O2S/c1-23(2)9-4-8-19-18(27)22-21-16(25)12-6-7-13-14(11-12)20-15-5-3-10-24(15)17(13)26/h6-7,11H,3-5,8-10H2,1-2H3,(H,21,25)(H2,19,22,27)/p+1. The van der Waals surface area contributed by atoms with E-state index in [0.717, 1.165) is 38.2 Å². The summed E-state index contributed by atoms with van der Waals surface area (Å²) in [5.74, 6) is 0.453. The molecule has 27 heavy (non-hydrogen) atoms. The number of hydrogen-bond acceptors (Lipinski definition) is 4. The zero-order valence-electron chi connectivity index (χ0n) is 15.6. The lowest BCUT2D eigenvalue weighted by Crippen LogP contribution is -3.05. The van der Waals surface area contributed by atoms with Crippen LogP contribution in [0.15, 0.2) is 23.0 Å². The van der Waals surface area contributed by atoms with E-state index >= 15 is 0 Å². The Hall–Kier alpha value is -2.52. The molecule has 0 aliphatic carbocycles. The van der Waals surface area contributed by atoms with Gasteiger partial charge in [0, 0.05) is 31.5 Å². The topological polar surface area (TPSA) is 92.5 Å². The second-order valence-corrected chi connectivity index (χ2v) is 7.37. The van der Waals surface area contributed by atoms with Crippen LogP contribution in [0.3, 0.4) is 0 Å². The predicted octanol–water partition coefficient (Wildman–Crippen LogP) is -1.01. The molecule has 0 spiro atoms. The Bertz CT molecular complexity index is 924. The highest BCUT2D eigenvalue weighted by Crippen LogP contribution is 2.16. The molecular weight excluding hydrogens is 364 g/mol. The molecule has 0 bridgehead atoms. The van der Waals surface area contributed by atoms with Gasteiger partial charge in [-0.1, -0.05) is 0 Å². The van der Waals surface area contributed by atoms with Crippen LogP contribution in [0.5, 0.6) is 0 Å². The first-order valence-electron chi connectivity index (χ1n) is 9.12. The van der Waals surface area contributed by atoms with Gasteiger partial charge >= 0.3 is 0 Å². The number of hydrogen-bond donors (Lipinski definition) is 4. The quantitative estimate of drug-likeness (QED) is 0.297. The lowest BCUT2D eigenvalue weighted by atomic mass is 10.1. The van der Waals surface area contributed by atoms with Gasteiger partial charge in [0.25, 0.3) is 11.5 Å². The highest BCUT2D eigenvalue weighted by molar-refractivity contribution is 7.80. The number of carbonyl (C=O) groups excluding carboxylic acids is 1. The number of rotatable bonds is 5. The lowest BCUT2D eigenvalue weighted by Gasteiger charge is -2.12. The summed E-state index contributed by atoms with van der Waals surface area (Å²) in [6.07, 6.45) is 2.70. The number of carbonyl (C=O) groups is 1. The van der Waals surface area contributed by atoms with Crippen LogP contribution in [0.1, 0.15) is 29.0 Å². The third-order valence-corrected chi connectivity index (χ3v) is 4.75. The predicted molar refractivity (Wildman–Crippen MR) is 108 cm³/mol. The fourth-order valence-electron chi connectivity index (χ4n) is 3.10. The molecule has 8 nitrogen and oxygen atoms in total. The number of quaternary nitrogens is 1. The van der Waals surface area contributed by atoms with E-state index in [0.29, 0.717) is 28.1 Å². The van der Waals surface area contributed by atoms with Gasteiger partial charge in [0.15, 0.2) is 5.11 Å². The van der Waals surface area contributed by atoms with E-state index in [4.69, 9.17) is 12.2 Å². The molecule has 0 unspecified atom stereocenters. The average molecular weight is 390 g/mol. The summed E-state index contributed by atoms with van der Waals surface area (Å²) in [6, 6.07) is 4.93. The summed E-state index contributed by atoms with van der Waals surface area (Å²) < 4.78 is 1.71. The second-order valence-electron chi connectivity index (χ2n) is 6.97. The molecule has 0 atom stereocenters. The molecule has 1 amide bonds. The Morgan fingerprint density at radius 3 is 2.93 bits per heavy atom. The Kier molecular flexibility index (Phi) is 6.02.